The first-order chi connectivity index (χ1) is 10.1. The van der Waals surface area contributed by atoms with Gasteiger partial charge in [0.05, 0.1) is 25.7 Å². The topological polar surface area (TPSA) is 83.4 Å². The molecule has 1 aliphatic heterocycles. The summed E-state index contributed by atoms with van der Waals surface area (Å²) in [5.74, 6) is 2.03. The van der Waals surface area contributed by atoms with Crippen molar-refractivity contribution in [1.29, 1.82) is 0 Å². The lowest BCUT2D eigenvalue weighted by atomic mass is 9.86. The summed E-state index contributed by atoms with van der Waals surface area (Å²) in [7, 11) is 1.65. The molecule has 1 aromatic carbocycles. The highest BCUT2D eigenvalue weighted by Crippen LogP contribution is 2.30. The first-order valence-electron chi connectivity index (χ1n) is 6.91. The molecule has 1 saturated heterocycles. The molecule has 2 atom stereocenters. The molecule has 112 valence electrons. The molecule has 2 heterocycles. The third-order valence-corrected chi connectivity index (χ3v) is 4.00. The molecule has 0 spiro atoms. The van der Waals surface area contributed by atoms with Gasteiger partial charge in [-0.25, -0.2) is 0 Å². The highest BCUT2D eigenvalue weighted by Gasteiger charge is 2.44. The predicted molar refractivity (Wildman–Crippen MR) is 76.2 cm³/mol. The molecule has 1 fully saturated rings. The van der Waals surface area contributed by atoms with Crippen LogP contribution in [0.3, 0.4) is 0 Å². The number of ether oxygens (including phenoxy) is 2. The van der Waals surface area contributed by atoms with Crippen molar-refractivity contribution >= 4 is 0 Å². The monoisotopic (exact) mass is 289 g/mol. The number of hydrogen-bond donors (Lipinski definition) is 1. The fourth-order valence-electron chi connectivity index (χ4n) is 2.39. The van der Waals surface area contributed by atoms with Crippen LogP contribution in [0.25, 0.3) is 0 Å². The zero-order valence-corrected chi connectivity index (χ0v) is 12.2. The van der Waals surface area contributed by atoms with Gasteiger partial charge in [0.15, 0.2) is 5.82 Å². The largest absolute Gasteiger partial charge is 0.497 e. The molecule has 21 heavy (non-hydrogen) atoms. The Labute approximate surface area is 123 Å². The molecule has 2 unspecified atom stereocenters. The maximum Gasteiger partial charge on any atom is 0.236 e. The average molecular weight is 289 g/mol. The molecule has 0 aliphatic carbocycles. The quantitative estimate of drug-likeness (QED) is 0.913. The van der Waals surface area contributed by atoms with E-state index in [1.165, 1.54) is 0 Å². The summed E-state index contributed by atoms with van der Waals surface area (Å²) in [6.07, 6.45) is 0.611. The van der Waals surface area contributed by atoms with Crippen molar-refractivity contribution in [3.05, 3.63) is 41.5 Å². The summed E-state index contributed by atoms with van der Waals surface area (Å²) >= 11 is 0. The van der Waals surface area contributed by atoms with Gasteiger partial charge >= 0.3 is 0 Å². The first-order valence-corrected chi connectivity index (χ1v) is 6.91. The molecule has 6 heteroatoms. The summed E-state index contributed by atoms with van der Waals surface area (Å²) in [4.78, 5) is 4.48. The Morgan fingerprint density at radius 1 is 1.38 bits per heavy atom. The number of rotatable bonds is 4. The second kappa shape index (κ2) is 5.46. The molecule has 1 aliphatic rings. The molecular weight excluding hydrogens is 270 g/mol. The Hall–Kier alpha value is -1.92. The van der Waals surface area contributed by atoms with E-state index in [2.05, 4.69) is 10.1 Å². The normalized spacial score (nSPS) is 25.2. The van der Waals surface area contributed by atoms with Crippen LogP contribution in [0.4, 0.5) is 0 Å². The zero-order chi connectivity index (χ0) is 14.9. The van der Waals surface area contributed by atoms with Crippen LogP contribution in [0.5, 0.6) is 5.75 Å². The minimum Gasteiger partial charge on any atom is -0.497 e. The van der Waals surface area contributed by atoms with Crippen LogP contribution in [-0.2, 0) is 16.6 Å². The number of hydrogen-bond acceptors (Lipinski definition) is 6. The smallest absolute Gasteiger partial charge is 0.236 e. The van der Waals surface area contributed by atoms with Gasteiger partial charge in [0.1, 0.15) is 5.75 Å². The van der Waals surface area contributed by atoms with E-state index in [4.69, 9.17) is 19.7 Å². The van der Waals surface area contributed by atoms with E-state index >= 15 is 0 Å². The number of nitrogens with two attached hydrogens (primary N) is 1. The summed E-state index contributed by atoms with van der Waals surface area (Å²) in [6.45, 7) is 3.03. The lowest BCUT2D eigenvalue weighted by Gasteiger charge is -2.21. The fraction of sp³-hybridized carbons (Fsp3) is 0.467. The molecule has 2 aromatic rings. The van der Waals surface area contributed by atoms with E-state index in [-0.39, 0.29) is 6.04 Å². The van der Waals surface area contributed by atoms with Gasteiger partial charge in [-0.15, -0.1) is 0 Å². The van der Waals surface area contributed by atoms with Crippen molar-refractivity contribution in [3.8, 4) is 5.75 Å². The van der Waals surface area contributed by atoms with E-state index in [9.17, 15) is 0 Å². The van der Waals surface area contributed by atoms with E-state index in [1.807, 2.05) is 31.2 Å². The second-order valence-corrected chi connectivity index (χ2v) is 5.58. The van der Waals surface area contributed by atoms with Gasteiger partial charge in [-0.2, -0.15) is 4.98 Å². The highest BCUT2D eigenvalue weighted by molar-refractivity contribution is 5.28. The summed E-state index contributed by atoms with van der Waals surface area (Å²) in [5, 5.41) is 4.05. The molecule has 2 N–H and O–H groups in total. The maximum atomic E-state index is 6.07. The van der Waals surface area contributed by atoms with Gasteiger partial charge < -0.3 is 19.7 Å². The Bertz CT molecular complexity index is 611. The lowest BCUT2D eigenvalue weighted by Crippen LogP contribution is -2.42. The highest BCUT2D eigenvalue weighted by atomic mass is 16.5. The van der Waals surface area contributed by atoms with Crippen LogP contribution in [0.2, 0.25) is 0 Å². The van der Waals surface area contributed by atoms with Gasteiger partial charge in [-0.3, -0.25) is 0 Å². The second-order valence-electron chi connectivity index (χ2n) is 5.58. The van der Waals surface area contributed by atoms with Crippen LogP contribution in [0.1, 0.15) is 24.2 Å². The van der Waals surface area contributed by atoms with Crippen molar-refractivity contribution < 1.29 is 14.0 Å². The van der Waals surface area contributed by atoms with Crippen LogP contribution in [0.15, 0.2) is 28.8 Å². The fourth-order valence-corrected chi connectivity index (χ4v) is 2.39. The summed E-state index contributed by atoms with van der Waals surface area (Å²) in [6, 6.07) is 7.69. The molecule has 0 saturated carbocycles. The minimum atomic E-state index is -0.398. The van der Waals surface area contributed by atoms with E-state index < -0.39 is 5.41 Å². The molecule has 0 amide bonds. The molecule has 3 rings (SSSR count). The molecular formula is C15H19N3O3. The first kappa shape index (κ1) is 14.0. The lowest BCUT2D eigenvalue weighted by molar-refractivity contribution is 0.169. The number of benzene rings is 1. The predicted octanol–water partition coefficient (Wildman–Crippen LogP) is 1.28. The number of nitrogens with zero attached hydrogens (tertiary/aromatic N) is 2. The molecule has 0 bridgehead atoms. The SMILES string of the molecule is COc1ccc(Cc2noc(C3(C)COCC3N)n2)cc1. The van der Waals surface area contributed by atoms with E-state index in [1.54, 1.807) is 7.11 Å². The van der Waals surface area contributed by atoms with Crippen LogP contribution < -0.4 is 10.5 Å². The van der Waals surface area contributed by atoms with Crippen molar-refractivity contribution in [1.82, 2.24) is 10.1 Å². The Balaban J connectivity index is 1.75. The van der Waals surface area contributed by atoms with Gasteiger partial charge in [-0.05, 0) is 24.6 Å². The van der Waals surface area contributed by atoms with Crippen LogP contribution in [0, 0.1) is 0 Å². The van der Waals surface area contributed by atoms with Gasteiger partial charge in [-0.1, -0.05) is 17.3 Å². The van der Waals surface area contributed by atoms with Gasteiger partial charge in [0.25, 0.3) is 0 Å². The number of methoxy groups -OCH3 is 1. The van der Waals surface area contributed by atoms with Crippen molar-refractivity contribution in [2.75, 3.05) is 20.3 Å². The summed E-state index contributed by atoms with van der Waals surface area (Å²) < 4.78 is 15.9. The third-order valence-electron chi connectivity index (χ3n) is 4.00. The Morgan fingerprint density at radius 2 is 2.14 bits per heavy atom. The third kappa shape index (κ3) is 2.64. The van der Waals surface area contributed by atoms with Crippen molar-refractivity contribution in [3.63, 3.8) is 0 Å². The van der Waals surface area contributed by atoms with E-state index in [0.29, 0.717) is 31.3 Å². The standard InChI is InChI=1S/C15H19N3O3/c1-15(9-20-8-12(15)16)14-17-13(18-21-14)7-10-3-5-11(19-2)6-4-10/h3-6,12H,7-9,16H2,1-2H3. The van der Waals surface area contributed by atoms with Crippen molar-refractivity contribution in [2.24, 2.45) is 5.73 Å². The molecule has 6 nitrogen and oxygen atoms in total. The molecule has 0 radical (unpaired) electrons. The van der Waals surface area contributed by atoms with Crippen LogP contribution in [-0.4, -0.2) is 36.5 Å². The number of aromatic nitrogens is 2. The van der Waals surface area contributed by atoms with Gasteiger partial charge in [0.2, 0.25) is 5.89 Å². The van der Waals surface area contributed by atoms with Crippen molar-refractivity contribution in [2.45, 2.75) is 24.8 Å². The summed E-state index contributed by atoms with van der Waals surface area (Å²) in [5.41, 5.74) is 6.77. The zero-order valence-electron chi connectivity index (χ0n) is 12.2. The Morgan fingerprint density at radius 3 is 2.76 bits per heavy atom. The minimum absolute atomic E-state index is 0.119. The van der Waals surface area contributed by atoms with E-state index in [0.717, 1.165) is 11.3 Å². The van der Waals surface area contributed by atoms with Gasteiger partial charge in [0, 0.05) is 12.5 Å². The van der Waals surface area contributed by atoms with Crippen LogP contribution >= 0.6 is 0 Å². The Kier molecular flexibility index (Phi) is 3.65. The maximum absolute atomic E-state index is 6.07. The molecule has 1 aromatic heterocycles. The average Bonchev–Trinajstić information content (AvgIpc) is 3.09.